The fourth-order valence-corrected chi connectivity index (χ4v) is 2.84. The molecule has 1 fully saturated rings. The molecule has 4 N–H and O–H groups in total. The number of carbonyl (C=O) groups is 2. The molecule has 8 nitrogen and oxygen atoms in total. The first-order valence-electron chi connectivity index (χ1n) is 7.99. The van der Waals surface area contributed by atoms with Crippen LogP contribution < -0.4 is 21.7 Å². The Bertz CT molecular complexity index is 811. The molecule has 0 spiro atoms. The Kier molecular flexibility index (Phi) is 4.74. The molecule has 3 amide bonds. The van der Waals surface area contributed by atoms with Crippen LogP contribution in [-0.2, 0) is 0 Å². The normalized spacial score (nSPS) is 15.0. The van der Waals surface area contributed by atoms with Crippen LogP contribution in [0.25, 0.3) is 10.9 Å². The van der Waals surface area contributed by atoms with E-state index < -0.39 is 17.5 Å². The summed E-state index contributed by atoms with van der Waals surface area (Å²) in [4.78, 5) is 42.3. The van der Waals surface area contributed by atoms with Crippen molar-refractivity contribution in [2.24, 2.45) is 0 Å². The molecular formula is C16H19N5O3. The number of H-pyrrole nitrogens is 1. The minimum atomic E-state index is -0.684. The van der Waals surface area contributed by atoms with Crippen molar-refractivity contribution in [3.63, 3.8) is 0 Å². The van der Waals surface area contributed by atoms with Crippen LogP contribution in [0.5, 0.6) is 0 Å². The van der Waals surface area contributed by atoms with Crippen LogP contribution >= 0.6 is 0 Å². The van der Waals surface area contributed by atoms with Crippen LogP contribution in [0.2, 0.25) is 0 Å². The molecule has 0 atom stereocenters. The first-order valence-corrected chi connectivity index (χ1v) is 7.99. The lowest BCUT2D eigenvalue weighted by molar-refractivity contribution is 0.0925. The van der Waals surface area contributed by atoms with Crippen LogP contribution in [-0.4, -0.2) is 27.9 Å². The fraction of sp³-hybridized carbons (Fsp3) is 0.375. The summed E-state index contributed by atoms with van der Waals surface area (Å²) in [7, 11) is 0. The highest BCUT2D eigenvalue weighted by molar-refractivity contribution is 5.93. The molecule has 0 aliphatic heterocycles. The first-order chi connectivity index (χ1) is 11.6. The van der Waals surface area contributed by atoms with Gasteiger partial charge in [-0.25, -0.2) is 15.2 Å². The Morgan fingerprint density at radius 3 is 2.62 bits per heavy atom. The maximum absolute atomic E-state index is 12.1. The lowest BCUT2D eigenvalue weighted by Crippen LogP contribution is -2.50. The number of carbonyl (C=O) groups excluding carboxylic acids is 2. The average molecular weight is 329 g/mol. The summed E-state index contributed by atoms with van der Waals surface area (Å²) in [5.74, 6) is -0.840. The fourth-order valence-electron chi connectivity index (χ4n) is 2.84. The SMILES string of the molecule is O=C(NNC(=O)c1nc2ccccc2c(=O)[nH]1)NC1CCCCC1. The number of hydrogen-bond acceptors (Lipinski definition) is 4. The summed E-state index contributed by atoms with van der Waals surface area (Å²) in [6.07, 6.45) is 5.28. The second-order valence-corrected chi connectivity index (χ2v) is 5.82. The highest BCUT2D eigenvalue weighted by atomic mass is 16.2. The molecule has 24 heavy (non-hydrogen) atoms. The van der Waals surface area contributed by atoms with Gasteiger partial charge in [0.2, 0.25) is 5.82 Å². The molecular weight excluding hydrogens is 310 g/mol. The van der Waals surface area contributed by atoms with E-state index in [9.17, 15) is 14.4 Å². The first kappa shape index (κ1) is 16.0. The molecule has 1 aromatic carbocycles. The van der Waals surface area contributed by atoms with Gasteiger partial charge < -0.3 is 10.3 Å². The number of fused-ring (bicyclic) bond motifs is 1. The predicted octanol–water partition coefficient (Wildman–Crippen LogP) is 1.20. The van der Waals surface area contributed by atoms with E-state index in [0.29, 0.717) is 10.9 Å². The van der Waals surface area contributed by atoms with Crippen molar-refractivity contribution in [1.82, 2.24) is 26.1 Å². The van der Waals surface area contributed by atoms with Gasteiger partial charge in [0.25, 0.3) is 5.56 Å². The average Bonchev–Trinajstić information content (AvgIpc) is 2.60. The van der Waals surface area contributed by atoms with E-state index in [1.54, 1.807) is 24.3 Å². The molecule has 0 bridgehead atoms. The molecule has 1 aromatic heterocycles. The summed E-state index contributed by atoms with van der Waals surface area (Å²) in [6, 6.07) is 6.37. The Balaban J connectivity index is 1.60. The van der Waals surface area contributed by atoms with Crippen LogP contribution in [0.3, 0.4) is 0 Å². The quantitative estimate of drug-likeness (QED) is 0.619. The summed E-state index contributed by atoms with van der Waals surface area (Å²) < 4.78 is 0. The Hall–Kier alpha value is -2.90. The predicted molar refractivity (Wildman–Crippen MR) is 88.4 cm³/mol. The number of para-hydroxylation sites is 1. The van der Waals surface area contributed by atoms with Gasteiger partial charge in [-0.15, -0.1) is 0 Å². The van der Waals surface area contributed by atoms with Crippen LogP contribution in [0.4, 0.5) is 4.79 Å². The molecule has 126 valence electrons. The summed E-state index contributed by atoms with van der Waals surface area (Å²) in [6.45, 7) is 0. The zero-order valence-electron chi connectivity index (χ0n) is 13.1. The van der Waals surface area contributed by atoms with E-state index in [-0.39, 0.29) is 11.9 Å². The summed E-state index contributed by atoms with van der Waals surface area (Å²) in [5, 5.41) is 3.21. The van der Waals surface area contributed by atoms with Gasteiger partial charge in [-0.3, -0.25) is 15.0 Å². The Morgan fingerprint density at radius 2 is 1.83 bits per heavy atom. The Morgan fingerprint density at radius 1 is 1.08 bits per heavy atom. The highest BCUT2D eigenvalue weighted by Gasteiger charge is 2.16. The number of hydrazine groups is 1. The molecule has 1 aliphatic rings. The zero-order chi connectivity index (χ0) is 16.9. The molecule has 3 rings (SSSR count). The zero-order valence-corrected chi connectivity index (χ0v) is 13.1. The topological polar surface area (TPSA) is 116 Å². The number of urea groups is 1. The third-order valence-electron chi connectivity index (χ3n) is 4.06. The number of aromatic amines is 1. The van der Waals surface area contributed by atoms with Crippen molar-refractivity contribution in [2.45, 2.75) is 38.1 Å². The van der Waals surface area contributed by atoms with E-state index in [0.717, 1.165) is 25.7 Å². The summed E-state index contributed by atoms with van der Waals surface area (Å²) >= 11 is 0. The number of nitrogens with zero attached hydrogens (tertiary/aromatic N) is 1. The van der Waals surface area contributed by atoms with Crippen LogP contribution in [0, 0.1) is 0 Å². The van der Waals surface area contributed by atoms with Crippen molar-refractivity contribution in [1.29, 1.82) is 0 Å². The summed E-state index contributed by atoms with van der Waals surface area (Å²) in [5.41, 5.74) is 4.54. The van der Waals surface area contributed by atoms with E-state index >= 15 is 0 Å². The molecule has 0 unspecified atom stereocenters. The maximum Gasteiger partial charge on any atom is 0.333 e. The molecule has 2 aromatic rings. The lowest BCUT2D eigenvalue weighted by atomic mass is 9.96. The van der Waals surface area contributed by atoms with Gasteiger partial charge >= 0.3 is 11.9 Å². The lowest BCUT2D eigenvalue weighted by Gasteiger charge is -2.22. The maximum atomic E-state index is 12.1. The molecule has 1 heterocycles. The molecule has 1 aliphatic carbocycles. The number of nitrogens with one attached hydrogen (secondary N) is 4. The second kappa shape index (κ2) is 7.12. The minimum Gasteiger partial charge on any atom is -0.334 e. The third-order valence-corrected chi connectivity index (χ3v) is 4.06. The van der Waals surface area contributed by atoms with Crippen molar-refractivity contribution in [3.05, 3.63) is 40.4 Å². The smallest absolute Gasteiger partial charge is 0.333 e. The van der Waals surface area contributed by atoms with Crippen molar-refractivity contribution >= 4 is 22.8 Å². The third kappa shape index (κ3) is 3.70. The van der Waals surface area contributed by atoms with Crippen LogP contribution in [0.1, 0.15) is 42.7 Å². The van der Waals surface area contributed by atoms with Gasteiger partial charge in [-0.05, 0) is 25.0 Å². The van der Waals surface area contributed by atoms with Gasteiger partial charge in [0.15, 0.2) is 0 Å². The standard InChI is InChI=1S/C16H19N5O3/c22-14-11-8-4-5-9-12(11)18-13(19-14)15(23)20-21-16(24)17-10-6-2-1-3-7-10/h4-5,8-10H,1-3,6-7H2,(H,20,23)(H2,17,21,24)(H,18,19,22). The largest absolute Gasteiger partial charge is 0.334 e. The number of benzene rings is 1. The number of hydrogen-bond donors (Lipinski definition) is 4. The minimum absolute atomic E-state index is 0.134. The Labute approximate surface area is 138 Å². The number of aromatic nitrogens is 2. The van der Waals surface area contributed by atoms with Crippen molar-refractivity contribution < 1.29 is 9.59 Å². The number of amides is 3. The van der Waals surface area contributed by atoms with E-state index in [2.05, 4.69) is 26.1 Å². The van der Waals surface area contributed by atoms with Crippen LogP contribution in [0.15, 0.2) is 29.1 Å². The van der Waals surface area contributed by atoms with Gasteiger partial charge in [0.1, 0.15) is 0 Å². The van der Waals surface area contributed by atoms with E-state index in [4.69, 9.17) is 0 Å². The van der Waals surface area contributed by atoms with Gasteiger partial charge in [-0.1, -0.05) is 31.4 Å². The van der Waals surface area contributed by atoms with Gasteiger partial charge in [0.05, 0.1) is 10.9 Å². The van der Waals surface area contributed by atoms with Gasteiger partial charge in [0, 0.05) is 6.04 Å². The van der Waals surface area contributed by atoms with Crippen molar-refractivity contribution in [3.8, 4) is 0 Å². The number of rotatable bonds is 2. The van der Waals surface area contributed by atoms with Crippen molar-refractivity contribution in [2.75, 3.05) is 0 Å². The van der Waals surface area contributed by atoms with E-state index in [1.807, 2.05) is 0 Å². The molecule has 0 saturated heterocycles. The van der Waals surface area contributed by atoms with E-state index in [1.165, 1.54) is 6.42 Å². The monoisotopic (exact) mass is 329 g/mol. The second-order valence-electron chi connectivity index (χ2n) is 5.82. The molecule has 0 radical (unpaired) electrons. The van der Waals surface area contributed by atoms with Gasteiger partial charge in [-0.2, -0.15) is 0 Å². The molecule has 8 heteroatoms. The molecule has 1 saturated carbocycles. The highest BCUT2D eigenvalue weighted by Crippen LogP contribution is 2.17.